The molecular formula is C21H40O2. The first-order chi connectivity index (χ1) is 10.2. The molecule has 0 spiro atoms. The SMILES string of the molecule is CC(C)C1(OC(=O)C(C)(CC(C)(C)C)C(C)(C)C)CCCCC1. The lowest BCUT2D eigenvalue weighted by atomic mass is 9.61. The lowest BCUT2D eigenvalue weighted by molar-refractivity contribution is -0.190. The Hall–Kier alpha value is -0.530. The summed E-state index contributed by atoms with van der Waals surface area (Å²) in [6.45, 7) is 19.7. The molecule has 0 saturated heterocycles. The normalized spacial score (nSPS) is 21.8. The first kappa shape index (κ1) is 20.5. The van der Waals surface area contributed by atoms with Crippen LogP contribution in [0.4, 0.5) is 0 Å². The summed E-state index contributed by atoms with van der Waals surface area (Å²) < 4.78 is 6.34. The summed E-state index contributed by atoms with van der Waals surface area (Å²) in [5.41, 5.74) is -0.743. The van der Waals surface area contributed by atoms with E-state index in [9.17, 15) is 4.79 Å². The summed E-state index contributed by atoms with van der Waals surface area (Å²) in [6, 6.07) is 0. The van der Waals surface area contributed by atoms with Gasteiger partial charge in [-0.1, -0.05) is 61.8 Å². The number of esters is 1. The monoisotopic (exact) mass is 324 g/mol. The van der Waals surface area contributed by atoms with Crippen molar-refractivity contribution in [2.75, 3.05) is 0 Å². The molecule has 1 rings (SSSR count). The van der Waals surface area contributed by atoms with Crippen molar-refractivity contribution in [3.8, 4) is 0 Å². The quantitative estimate of drug-likeness (QED) is 0.561. The molecule has 0 N–H and O–H groups in total. The minimum Gasteiger partial charge on any atom is -0.458 e. The van der Waals surface area contributed by atoms with Gasteiger partial charge in [-0.3, -0.25) is 4.79 Å². The standard InChI is InChI=1S/C21H40O2/c1-16(2)21(13-11-10-12-14-21)23-17(22)20(9,19(6,7)8)15-18(3,4)5/h16H,10-15H2,1-9H3. The summed E-state index contributed by atoms with van der Waals surface area (Å²) in [5.74, 6) is 0.390. The highest BCUT2D eigenvalue weighted by atomic mass is 16.6. The topological polar surface area (TPSA) is 26.3 Å². The van der Waals surface area contributed by atoms with Crippen LogP contribution in [0.25, 0.3) is 0 Å². The van der Waals surface area contributed by atoms with Gasteiger partial charge < -0.3 is 4.74 Å². The van der Waals surface area contributed by atoms with Crippen LogP contribution >= 0.6 is 0 Å². The Labute approximate surface area is 144 Å². The van der Waals surface area contributed by atoms with Crippen LogP contribution in [-0.2, 0) is 9.53 Å². The van der Waals surface area contributed by atoms with Crippen molar-refractivity contribution in [2.45, 2.75) is 106 Å². The zero-order valence-electron chi connectivity index (χ0n) is 17.1. The molecule has 0 aromatic carbocycles. The average molecular weight is 325 g/mol. The molecule has 0 amide bonds. The third-order valence-electron chi connectivity index (χ3n) is 6.04. The highest BCUT2D eigenvalue weighted by molar-refractivity contribution is 5.78. The summed E-state index contributed by atoms with van der Waals surface area (Å²) in [4.78, 5) is 13.3. The molecule has 1 fully saturated rings. The molecule has 2 heteroatoms. The second-order valence-electron chi connectivity index (χ2n) is 10.5. The number of hydrogen-bond donors (Lipinski definition) is 0. The molecule has 0 bridgehead atoms. The number of carbonyl (C=O) groups is 1. The number of carbonyl (C=O) groups excluding carboxylic acids is 1. The summed E-state index contributed by atoms with van der Waals surface area (Å²) in [6.07, 6.45) is 6.51. The molecule has 0 aromatic rings. The first-order valence-corrected chi connectivity index (χ1v) is 9.47. The van der Waals surface area contributed by atoms with E-state index in [0.717, 1.165) is 19.3 Å². The van der Waals surface area contributed by atoms with E-state index in [2.05, 4.69) is 62.3 Å². The van der Waals surface area contributed by atoms with Gasteiger partial charge in [-0.05, 0) is 55.8 Å². The Kier molecular flexibility index (Phi) is 6.03. The molecule has 1 unspecified atom stereocenters. The van der Waals surface area contributed by atoms with E-state index >= 15 is 0 Å². The van der Waals surface area contributed by atoms with Crippen molar-refractivity contribution >= 4 is 5.97 Å². The summed E-state index contributed by atoms with van der Waals surface area (Å²) >= 11 is 0. The van der Waals surface area contributed by atoms with Gasteiger partial charge in [0.2, 0.25) is 0 Å². The maximum absolute atomic E-state index is 13.3. The van der Waals surface area contributed by atoms with Crippen molar-refractivity contribution in [3.63, 3.8) is 0 Å². The van der Waals surface area contributed by atoms with Crippen molar-refractivity contribution in [1.29, 1.82) is 0 Å². The van der Waals surface area contributed by atoms with Gasteiger partial charge in [-0.2, -0.15) is 0 Å². The van der Waals surface area contributed by atoms with Crippen LogP contribution in [0.1, 0.15) is 101 Å². The average Bonchev–Trinajstić information content (AvgIpc) is 2.36. The fraction of sp³-hybridized carbons (Fsp3) is 0.952. The van der Waals surface area contributed by atoms with Gasteiger partial charge in [0.15, 0.2) is 0 Å². The second kappa shape index (κ2) is 6.76. The molecule has 1 aliphatic rings. The molecule has 0 aromatic heterocycles. The zero-order chi connectivity index (χ0) is 18.1. The van der Waals surface area contributed by atoms with Gasteiger partial charge in [0.1, 0.15) is 5.60 Å². The Balaban J connectivity index is 3.10. The molecule has 136 valence electrons. The molecule has 0 heterocycles. The van der Waals surface area contributed by atoms with E-state index in [1.54, 1.807) is 0 Å². The molecular weight excluding hydrogens is 284 g/mol. The Bertz CT molecular complexity index is 403. The highest BCUT2D eigenvalue weighted by Gasteiger charge is 2.51. The molecule has 1 saturated carbocycles. The van der Waals surface area contributed by atoms with Gasteiger partial charge in [-0.15, -0.1) is 0 Å². The summed E-state index contributed by atoms with van der Waals surface area (Å²) in [7, 11) is 0. The van der Waals surface area contributed by atoms with Crippen LogP contribution < -0.4 is 0 Å². The maximum Gasteiger partial charge on any atom is 0.312 e. The van der Waals surface area contributed by atoms with Crippen LogP contribution in [0.5, 0.6) is 0 Å². The van der Waals surface area contributed by atoms with Crippen LogP contribution in [-0.4, -0.2) is 11.6 Å². The minimum atomic E-state index is -0.468. The van der Waals surface area contributed by atoms with E-state index in [0.29, 0.717) is 5.92 Å². The smallest absolute Gasteiger partial charge is 0.312 e. The number of hydrogen-bond acceptors (Lipinski definition) is 2. The second-order valence-corrected chi connectivity index (χ2v) is 10.5. The van der Waals surface area contributed by atoms with E-state index < -0.39 is 5.41 Å². The zero-order valence-corrected chi connectivity index (χ0v) is 17.1. The van der Waals surface area contributed by atoms with Crippen molar-refractivity contribution in [3.05, 3.63) is 0 Å². The number of rotatable bonds is 4. The van der Waals surface area contributed by atoms with E-state index in [4.69, 9.17) is 4.74 Å². The highest BCUT2D eigenvalue weighted by Crippen LogP contribution is 2.49. The Morgan fingerprint density at radius 1 is 0.957 bits per heavy atom. The van der Waals surface area contributed by atoms with Gasteiger partial charge >= 0.3 is 5.97 Å². The Morgan fingerprint density at radius 3 is 1.78 bits per heavy atom. The Morgan fingerprint density at radius 2 is 1.43 bits per heavy atom. The van der Waals surface area contributed by atoms with E-state index in [1.807, 2.05) is 0 Å². The van der Waals surface area contributed by atoms with Gasteiger partial charge in [-0.25, -0.2) is 0 Å². The van der Waals surface area contributed by atoms with Crippen LogP contribution in [0.2, 0.25) is 0 Å². The largest absolute Gasteiger partial charge is 0.458 e. The predicted molar refractivity (Wildman–Crippen MR) is 98.4 cm³/mol. The van der Waals surface area contributed by atoms with E-state index in [1.165, 1.54) is 19.3 Å². The maximum atomic E-state index is 13.3. The molecule has 1 atom stereocenters. The fourth-order valence-corrected chi connectivity index (χ4v) is 3.95. The van der Waals surface area contributed by atoms with Gasteiger partial charge in [0, 0.05) is 0 Å². The molecule has 0 aliphatic heterocycles. The first-order valence-electron chi connectivity index (χ1n) is 9.47. The van der Waals surface area contributed by atoms with Gasteiger partial charge in [0.05, 0.1) is 5.41 Å². The molecule has 1 aliphatic carbocycles. The van der Waals surface area contributed by atoms with Gasteiger partial charge in [0.25, 0.3) is 0 Å². The minimum absolute atomic E-state index is 0.00975. The molecule has 2 nitrogen and oxygen atoms in total. The predicted octanol–water partition coefficient (Wildman–Crippen LogP) is 6.38. The van der Waals surface area contributed by atoms with Crippen molar-refractivity contribution in [1.82, 2.24) is 0 Å². The third-order valence-corrected chi connectivity index (χ3v) is 6.04. The van der Waals surface area contributed by atoms with Crippen molar-refractivity contribution in [2.24, 2.45) is 22.2 Å². The van der Waals surface area contributed by atoms with E-state index in [-0.39, 0.29) is 22.4 Å². The summed E-state index contributed by atoms with van der Waals surface area (Å²) in [5, 5.41) is 0. The van der Waals surface area contributed by atoms with Crippen LogP contribution in [0.3, 0.4) is 0 Å². The lowest BCUT2D eigenvalue weighted by Crippen LogP contribution is -2.50. The number of ether oxygens (including phenoxy) is 1. The fourth-order valence-electron chi connectivity index (χ4n) is 3.95. The third kappa shape index (κ3) is 4.73. The molecule has 0 radical (unpaired) electrons. The van der Waals surface area contributed by atoms with Crippen LogP contribution in [0.15, 0.2) is 0 Å². The lowest BCUT2D eigenvalue weighted by Gasteiger charge is -2.47. The van der Waals surface area contributed by atoms with Crippen molar-refractivity contribution < 1.29 is 9.53 Å². The molecule has 23 heavy (non-hydrogen) atoms. The van der Waals surface area contributed by atoms with Crippen LogP contribution in [0, 0.1) is 22.2 Å².